The average Bonchev–Trinajstić information content (AvgIpc) is 2.79. The summed E-state index contributed by atoms with van der Waals surface area (Å²) in [6, 6.07) is -1.66. The van der Waals surface area contributed by atoms with Gasteiger partial charge in [-0.05, 0) is 0 Å². The maximum atomic E-state index is 13.0. The topological polar surface area (TPSA) is 204 Å². The summed E-state index contributed by atoms with van der Waals surface area (Å²) in [6.45, 7) is 6.18. The van der Waals surface area contributed by atoms with Gasteiger partial charge in [0.2, 0.25) is 11.8 Å². The Morgan fingerprint density at radius 2 is 1.35 bits per heavy atom. The second-order valence-electron chi connectivity index (χ2n) is 8.70. The van der Waals surface area contributed by atoms with Gasteiger partial charge in [-0.2, -0.15) is 0 Å². The van der Waals surface area contributed by atoms with Crippen molar-refractivity contribution in [2.75, 3.05) is 13.7 Å². The van der Waals surface area contributed by atoms with E-state index in [1.807, 2.05) is 0 Å². The highest BCUT2D eigenvalue weighted by Crippen LogP contribution is 2.39. The van der Waals surface area contributed by atoms with Gasteiger partial charge in [-0.25, -0.2) is 4.79 Å². The molecule has 0 bridgehead atoms. The molecule has 2 amide bonds. The van der Waals surface area contributed by atoms with Crippen LogP contribution in [0, 0.1) is 0 Å². The summed E-state index contributed by atoms with van der Waals surface area (Å²) in [5.74, 6) is -10.5. The molecule has 0 N–H and O–H groups in total. The number of carbonyl (C=O) groups excluding carboxylic acids is 8. The lowest BCUT2D eigenvalue weighted by Gasteiger charge is -2.50. The quantitative estimate of drug-likeness (QED) is 0.234. The van der Waals surface area contributed by atoms with Crippen LogP contribution >= 0.6 is 0 Å². The number of imide groups is 1. The Hall–Kier alpha value is -4.08. The third kappa shape index (κ3) is 9.00. The molecule has 0 aromatic heterocycles. The predicted molar refractivity (Wildman–Crippen MR) is 126 cm³/mol. The smallest absolute Gasteiger partial charge is 0.379 e. The Labute approximate surface area is 229 Å². The number of ether oxygens (including phenoxy) is 7. The molecule has 16 nitrogen and oxygen atoms in total. The molecule has 1 heterocycles. The fourth-order valence-corrected chi connectivity index (χ4v) is 4.26. The number of hydrogen-bond acceptors (Lipinski definition) is 15. The Morgan fingerprint density at radius 1 is 0.800 bits per heavy atom. The van der Waals surface area contributed by atoms with Gasteiger partial charge in [0.15, 0.2) is 12.2 Å². The molecule has 1 unspecified atom stereocenters. The number of esters is 6. The summed E-state index contributed by atoms with van der Waals surface area (Å²) in [7, 11) is 0.933. The maximum absolute atomic E-state index is 13.0. The van der Waals surface area contributed by atoms with Crippen LogP contribution in [0.5, 0.6) is 0 Å². The van der Waals surface area contributed by atoms with Crippen molar-refractivity contribution in [2.45, 2.75) is 91.1 Å². The minimum atomic E-state index is -2.66. The van der Waals surface area contributed by atoms with Crippen molar-refractivity contribution in [3.63, 3.8) is 0 Å². The fourth-order valence-electron chi connectivity index (χ4n) is 4.26. The highest BCUT2D eigenvalue weighted by atomic mass is 16.8. The van der Waals surface area contributed by atoms with Crippen LogP contribution in [0.3, 0.4) is 0 Å². The van der Waals surface area contributed by atoms with Crippen LogP contribution in [0.2, 0.25) is 0 Å². The van der Waals surface area contributed by atoms with Gasteiger partial charge in [0.1, 0.15) is 24.9 Å². The van der Waals surface area contributed by atoms with Gasteiger partial charge in [0, 0.05) is 48.5 Å². The first-order valence-corrected chi connectivity index (χ1v) is 11.9. The highest BCUT2D eigenvalue weighted by molar-refractivity contribution is 5.93. The molecule has 0 spiro atoms. The first-order chi connectivity index (χ1) is 18.4. The van der Waals surface area contributed by atoms with Crippen LogP contribution in [-0.2, 0) is 71.5 Å². The van der Waals surface area contributed by atoms with E-state index in [0.717, 1.165) is 55.6 Å². The largest absolute Gasteiger partial charge is 0.464 e. The van der Waals surface area contributed by atoms with Gasteiger partial charge >= 0.3 is 41.6 Å². The fraction of sp³-hybridized carbons (Fsp3) is 0.667. The number of rotatable bonds is 10. The lowest BCUT2D eigenvalue weighted by atomic mass is 9.86. The van der Waals surface area contributed by atoms with E-state index in [4.69, 9.17) is 33.2 Å². The molecule has 0 aliphatic carbocycles. The van der Waals surface area contributed by atoms with Crippen molar-refractivity contribution in [1.82, 2.24) is 4.90 Å². The third-order valence-electron chi connectivity index (χ3n) is 5.37. The number of methoxy groups -OCH3 is 1. The van der Waals surface area contributed by atoms with Crippen molar-refractivity contribution < 1.29 is 71.5 Å². The molecular weight excluding hydrogens is 542 g/mol. The van der Waals surface area contributed by atoms with Crippen molar-refractivity contribution in [1.29, 1.82) is 0 Å². The van der Waals surface area contributed by atoms with Crippen LogP contribution in [0.1, 0.15) is 54.9 Å². The van der Waals surface area contributed by atoms with Crippen molar-refractivity contribution >= 4 is 47.6 Å². The Balaban J connectivity index is 4.08. The maximum Gasteiger partial charge on any atom is 0.379 e. The first-order valence-electron chi connectivity index (χ1n) is 11.9. The Kier molecular flexibility index (Phi) is 12.2. The van der Waals surface area contributed by atoms with Crippen LogP contribution in [0.15, 0.2) is 0 Å². The van der Waals surface area contributed by atoms with Gasteiger partial charge in [-0.1, -0.05) is 0 Å². The van der Waals surface area contributed by atoms with E-state index >= 15 is 0 Å². The predicted octanol–water partition coefficient (Wildman–Crippen LogP) is -0.670. The van der Waals surface area contributed by atoms with E-state index in [-0.39, 0.29) is 0 Å². The summed E-state index contributed by atoms with van der Waals surface area (Å²) in [5.41, 5.74) is 0. The summed E-state index contributed by atoms with van der Waals surface area (Å²) < 4.78 is 36.8. The summed E-state index contributed by atoms with van der Waals surface area (Å²) in [5, 5.41) is 0. The molecule has 16 heteroatoms. The van der Waals surface area contributed by atoms with Gasteiger partial charge < -0.3 is 33.2 Å². The molecule has 40 heavy (non-hydrogen) atoms. The van der Waals surface area contributed by atoms with Crippen molar-refractivity contribution in [3.05, 3.63) is 0 Å². The van der Waals surface area contributed by atoms with Crippen LogP contribution in [0.4, 0.5) is 0 Å². The molecule has 1 saturated heterocycles. The zero-order valence-electron chi connectivity index (χ0n) is 23.4. The van der Waals surface area contributed by atoms with Gasteiger partial charge in [-0.15, -0.1) is 0 Å². The Bertz CT molecular complexity index is 1030. The molecule has 224 valence electrons. The minimum absolute atomic E-state index is 0.612. The van der Waals surface area contributed by atoms with E-state index in [0.29, 0.717) is 4.90 Å². The lowest BCUT2D eigenvalue weighted by molar-refractivity contribution is -0.310. The number of amides is 2. The standard InChI is InChI=1S/C24H33NO15/c1-11(26)25(12(2)27)20-18(36-14(4)29)9-24(23(33)34-8,39-17(7)32)40-22(20)21(38-16(6)31)19(37-15(5)30)10-35-13(3)28/h18-22H,9-10H2,1-8H3/t18-,19-,20-,21-,22?,24+/m1/s1. The number of hydrogen-bond donors (Lipinski definition) is 0. The average molecular weight is 576 g/mol. The highest BCUT2D eigenvalue weighted by Gasteiger charge is 2.62. The van der Waals surface area contributed by atoms with Crippen LogP contribution < -0.4 is 0 Å². The van der Waals surface area contributed by atoms with Gasteiger partial charge in [-0.3, -0.25) is 38.5 Å². The summed E-state index contributed by atoms with van der Waals surface area (Å²) in [6.07, 6.45) is -7.83. The molecule has 1 rings (SSSR count). The molecule has 0 saturated carbocycles. The molecule has 0 radical (unpaired) electrons. The molecular formula is C24H33NO15. The SMILES string of the molecule is COC(=O)[C@]1(OC(C)=O)C[C@@H](OC(C)=O)[C@@H](N(C(C)=O)C(C)=O)C([C@H](OC(C)=O)[C@@H](COC(C)=O)OC(C)=O)O1. The summed E-state index contributed by atoms with van der Waals surface area (Å²) >= 11 is 0. The van der Waals surface area contributed by atoms with E-state index in [2.05, 4.69) is 0 Å². The van der Waals surface area contributed by atoms with Crippen molar-refractivity contribution in [3.8, 4) is 0 Å². The summed E-state index contributed by atoms with van der Waals surface area (Å²) in [4.78, 5) is 98.8. The van der Waals surface area contributed by atoms with Gasteiger partial charge in [0.05, 0.1) is 13.5 Å². The molecule has 0 aromatic carbocycles. The van der Waals surface area contributed by atoms with Crippen molar-refractivity contribution in [2.24, 2.45) is 0 Å². The van der Waals surface area contributed by atoms with E-state index < -0.39 is 96.9 Å². The van der Waals surface area contributed by atoms with E-state index in [1.165, 1.54) is 0 Å². The normalized spacial score (nSPS) is 23.4. The van der Waals surface area contributed by atoms with E-state index in [1.54, 1.807) is 0 Å². The van der Waals surface area contributed by atoms with Gasteiger partial charge in [0.25, 0.3) is 0 Å². The number of nitrogens with zero attached hydrogens (tertiary/aromatic N) is 1. The second-order valence-corrected chi connectivity index (χ2v) is 8.70. The first kappa shape index (κ1) is 33.9. The number of carbonyl (C=O) groups is 8. The second kappa shape index (κ2) is 14.3. The molecule has 0 aromatic rings. The zero-order chi connectivity index (χ0) is 30.9. The van der Waals surface area contributed by atoms with Crippen LogP contribution in [0.25, 0.3) is 0 Å². The van der Waals surface area contributed by atoms with Crippen LogP contribution in [-0.4, -0.2) is 102 Å². The van der Waals surface area contributed by atoms with E-state index in [9.17, 15) is 38.4 Å². The molecule has 6 atom stereocenters. The molecule has 1 aliphatic rings. The molecule has 1 aliphatic heterocycles. The Morgan fingerprint density at radius 3 is 1.75 bits per heavy atom. The monoisotopic (exact) mass is 575 g/mol. The minimum Gasteiger partial charge on any atom is -0.464 e. The molecule has 1 fully saturated rings. The third-order valence-corrected chi connectivity index (χ3v) is 5.37. The zero-order valence-corrected chi connectivity index (χ0v) is 23.4. The lowest BCUT2D eigenvalue weighted by Crippen LogP contribution is -2.70.